The Morgan fingerprint density at radius 2 is 2.20 bits per heavy atom. The third-order valence-electron chi connectivity index (χ3n) is 3.47. The van der Waals surface area contributed by atoms with E-state index in [1.54, 1.807) is 18.2 Å². The van der Waals surface area contributed by atoms with Crippen molar-refractivity contribution in [2.24, 2.45) is 0 Å². The molecule has 20 heavy (non-hydrogen) atoms. The van der Waals surface area contributed by atoms with E-state index in [-0.39, 0.29) is 18.3 Å². The highest BCUT2D eigenvalue weighted by molar-refractivity contribution is 5.95. The highest BCUT2D eigenvalue weighted by atomic mass is 16.5. The molecule has 0 amide bonds. The van der Waals surface area contributed by atoms with Gasteiger partial charge in [0.1, 0.15) is 11.9 Å². The standard InChI is InChI=1S/C15H19NO4/c1-3-12-9-16(7-6-15(18)19)13-8-11(10(2)17)4-5-14(13)20-12/h4-5,8,12H,3,6-7,9H2,1-2H3,(H,18,19). The molecular formula is C15H19NO4. The third kappa shape index (κ3) is 3.10. The van der Waals surface area contributed by atoms with Crippen LogP contribution in [0.2, 0.25) is 0 Å². The van der Waals surface area contributed by atoms with E-state index < -0.39 is 5.97 Å². The largest absolute Gasteiger partial charge is 0.486 e. The fourth-order valence-electron chi connectivity index (χ4n) is 2.30. The molecule has 1 unspecified atom stereocenters. The topological polar surface area (TPSA) is 66.8 Å². The van der Waals surface area contributed by atoms with Crippen LogP contribution in [-0.2, 0) is 4.79 Å². The van der Waals surface area contributed by atoms with Crippen molar-refractivity contribution < 1.29 is 19.4 Å². The normalized spacial score (nSPS) is 17.3. The number of benzene rings is 1. The monoisotopic (exact) mass is 277 g/mol. The molecule has 0 bridgehead atoms. The summed E-state index contributed by atoms with van der Waals surface area (Å²) in [5.41, 5.74) is 1.42. The molecule has 0 radical (unpaired) electrons. The quantitative estimate of drug-likeness (QED) is 0.837. The lowest BCUT2D eigenvalue weighted by Gasteiger charge is -2.36. The van der Waals surface area contributed by atoms with E-state index in [2.05, 4.69) is 0 Å². The molecule has 1 aromatic rings. The Bertz CT molecular complexity index is 527. The molecule has 2 rings (SSSR count). The minimum Gasteiger partial charge on any atom is -0.486 e. The summed E-state index contributed by atoms with van der Waals surface area (Å²) in [7, 11) is 0. The van der Waals surface area contributed by atoms with Crippen LogP contribution in [-0.4, -0.2) is 36.1 Å². The Hall–Kier alpha value is -2.04. The van der Waals surface area contributed by atoms with Gasteiger partial charge in [0.05, 0.1) is 18.7 Å². The van der Waals surface area contributed by atoms with E-state index >= 15 is 0 Å². The van der Waals surface area contributed by atoms with E-state index in [1.807, 2.05) is 11.8 Å². The van der Waals surface area contributed by atoms with Crippen LogP contribution in [0, 0.1) is 0 Å². The van der Waals surface area contributed by atoms with Crippen molar-refractivity contribution in [3.8, 4) is 5.75 Å². The number of aliphatic carboxylic acids is 1. The van der Waals surface area contributed by atoms with Crippen LogP contribution in [0.25, 0.3) is 0 Å². The Balaban J connectivity index is 2.30. The van der Waals surface area contributed by atoms with Crippen molar-refractivity contribution in [1.82, 2.24) is 0 Å². The zero-order chi connectivity index (χ0) is 14.7. The molecule has 1 atom stereocenters. The number of rotatable bonds is 5. The van der Waals surface area contributed by atoms with Crippen molar-refractivity contribution in [3.63, 3.8) is 0 Å². The van der Waals surface area contributed by atoms with Gasteiger partial charge in [-0.2, -0.15) is 0 Å². The first-order valence-electron chi connectivity index (χ1n) is 6.79. The van der Waals surface area contributed by atoms with Gasteiger partial charge in [-0.3, -0.25) is 9.59 Å². The van der Waals surface area contributed by atoms with Gasteiger partial charge in [-0.05, 0) is 31.5 Å². The van der Waals surface area contributed by atoms with Crippen molar-refractivity contribution >= 4 is 17.4 Å². The summed E-state index contributed by atoms with van der Waals surface area (Å²) in [5, 5.41) is 8.85. The van der Waals surface area contributed by atoms with Crippen LogP contribution in [0.5, 0.6) is 5.75 Å². The predicted octanol–water partition coefficient (Wildman–Crippen LogP) is 2.34. The lowest BCUT2D eigenvalue weighted by atomic mass is 10.1. The van der Waals surface area contributed by atoms with Crippen LogP contribution in [0.4, 0.5) is 5.69 Å². The smallest absolute Gasteiger partial charge is 0.305 e. The van der Waals surface area contributed by atoms with Crippen LogP contribution < -0.4 is 9.64 Å². The number of carbonyl (C=O) groups excluding carboxylic acids is 1. The third-order valence-corrected chi connectivity index (χ3v) is 3.47. The summed E-state index contributed by atoms with van der Waals surface area (Å²) >= 11 is 0. The maximum Gasteiger partial charge on any atom is 0.305 e. The van der Waals surface area contributed by atoms with Crippen molar-refractivity contribution in [2.75, 3.05) is 18.0 Å². The zero-order valence-electron chi connectivity index (χ0n) is 11.8. The maximum absolute atomic E-state index is 11.5. The summed E-state index contributed by atoms with van der Waals surface area (Å²) in [5.74, 6) is -0.115. The fourth-order valence-corrected chi connectivity index (χ4v) is 2.30. The molecule has 1 N–H and O–H groups in total. The first-order chi connectivity index (χ1) is 9.51. The molecule has 0 fully saturated rings. The van der Waals surface area contributed by atoms with Gasteiger partial charge >= 0.3 is 5.97 Å². The number of Topliss-reactive ketones (excluding diaryl/α,β-unsaturated/α-hetero) is 1. The second kappa shape index (κ2) is 5.94. The summed E-state index contributed by atoms with van der Waals surface area (Å²) in [6, 6.07) is 5.32. The number of ether oxygens (including phenoxy) is 1. The summed E-state index contributed by atoms with van der Waals surface area (Å²) in [4.78, 5) is 24.2. The second-order valence-electron chi connectivity index (χ2n) is 4.98. The number of ketones is 1. The van der Waals surface area contributed by atoms with Gasteiger partial charge in [-0.15, -0.1) is 0 Å². The van der Waals surface area contributed by atoms with Crippen molar-refractivity contribution in [1.29, 1.82) is 0 Å². The molecule has 5 nitrogen and oxygen atoms in total. The minimum absolute atomic E-state index is 0.0106. The van der Waals surface area contributed by atoms with E-state index in [1.165, 1.54) is 6.92 Å². The van der Waals surface area contributed by atoms with E-state index in [0.29, 0.717) is 18.7 Å². The molecule has 0 saturated carbocycles. The highest BCUT2D eigenvalue weighted by Crippen LogP contribution is 2.35. The van der Waals surface area contributed by atoms with E-state index in [0.717, 1.165) is 17.9 Å². The number of hydrogen-bond acceptors (Lipinski definition) is 4. The molecule has 108 valence electrons. The SMILES string of the molecule is CCC1CN(CCC(=O)O)c2cc(C(C)=O)ccc2O1. The molecule has 0 spiro atoms. The highest BCUT2D eigenvalue weighted by Gasteiger charge is 2.25. The average molecular weight is 277 g/mol. The van der Waals surface area contributed by atoms with Gasteiger partial charge in [-0.25, -0.2) is 0 Å². The molecule has 0 aromatic heterocycles. The van der Waals surface area contributed by atoms with E-state index in [9.17, 15) is 9.59 Å². The molecule has 1 aliphatic rings. The first-order valence-corrected chi connectivity index (χ1v) is 6.79. The number of carboxylic acid groups (broad SMARTS) is 1. The van der Waals surface area contributed by atoms with Crippen molar-refractivity contribution in [2.45, 2.75) is 32.8 Å². The first kappa shape index (κ1) is 14.4. The van der Waals surface area contributed by atoms with Crippen LogP contribution in [0.15, 0.2) is 18.2 Å². The second-order valence-corrected chi connectivity index (χ2v) is 4.98. The zero-order valence-corrected chi connectivity index (χ0v) is 11.8. The van der Waals surface area contributed by atoms with Gasteiger partial charge in [0.2, 0.25) is 0 Å². The molecule has 0 saturated heterocycles. The summed E-state index contributed by atoms with van der Waals surface area (Å²) in [6.45, 7) is 4.62. The Labute approximate surface area is 118 Å². The van der Waals surface area contributed by atoms with Crippen LogP contribution in [0.1, 0.15) is 37.0 Å². The molecule has 1 heterocycles. The van der Waals surface area contributed by atoms with Crippen LogP contribution >= 0.6 is 0 Å². The van der Waals surface area contributed by atoms with Gasteiger partial charge in [0.15, 0.2) is 5.78 Å². The molecule has 1 aliphatic heterocycles. The van der Waals surface area contributed by atoms with E-state index in [4.69, 9.17) is 9.84 Å². The molecule has 0 aliphatic carbocycles. The number of fused-ring (bicyclic) bond motifs is 1. The molecule has 1 aromatic carbocycles. The Morgan fingerprint density at radius 1 is 1.45 bits per heavy atom. The maximum atomic E-state index is 11.5. The van der Waals surface area contributed by atoms with Gasteiger partial charge in [-0.1, -0.05) is 6.92 Å². The molecule has 5 heteroatoms. The van der Waals surface area contributed by atoms with Gasteiger partial charge in [0, 0.05) is 12.1 Å². The predicted molar refractivity (Wildman–Crippen MR) is 75.6 cm³/mol. The minimum atomic E-state index is -0.825. The fraction of sp³-hybridized carbons (Fsp3) is 0.467. The summed E-state index contributed by atoms with van der Waals surface area (Å²) < 4.78 is 5.85. The van der Waals surface area contributed by atoms with Gasteiger partial charge in [0.25, 0.3) is 0 Å². The Morgan fingerprint density at radius 3 is 2.80 bits per heavy atom. The number of anilines is 1. The number of carbonyl (C=O) groups is 2. The number of nitrogens with zero attached hydrogens (tertiary/aromatic N) is 1. The average Bonchev–Trinajstić information content (AvgIpc) is 2.43. The van der Waals surface area contributed by atoms with Crippen molar-refractivity contribution in [3.05, 3.63) is 23.8 Å². The van der Waals surface area contributed by atoms with Crippen LogP contribution in [0.3, 0.4) is 0 Å². The lowest BCUT2D eigenvalue weighted by molar-refractivity contribution is -0.136. The summed E-state index contributed by atoms with van der Waals surface area (Å²) in [6.07, 6.45) is 0.983. The van der Waals surface area contributed by atoms with Gasteiger partial charge < -0.3 is 14.7 Å². The lowest BCUT2D eigenvalue weighted by Crippen LogP contribution is -2.40. The number of hydrogen-bond donors (Lipinski definition) is 1. The Kier molecular flexibility index (Phi) is 4.27. The number of carboxylic acids is 1. The molecular weight excluding hydrogens is 258 g/mol.